The van der Waals surface area contributed by atoms with Crippen molar-refractivity contribution in [2.45, 2.75) is 6.92 Å². The average Bonchev–Trinajstić information content (AvgIpc) is 3.22. The van der Waals surface area contributed by atoms with Crippen molar-refractivity contribution < 1.29 is 23.8 Å². The molecule has 7 nitrogen and oxygen atoms in total. The average molecular weight is 437 g/mol. The van der Waals surface area contributed by atoms with Gasteiger partial charge in [-0.25, -0.2) is 10.2 Å². The van der Waals surface area contributed by atoms with Gasteiger partial charge >= 0.3 is 5.97 Å². The van der Waals surface area contributed by atoms with Crippen molar-refractivity contribution in [2.24, 2.45) is 5.10 Å². The van der Waals surface area contributed by atoms with Gasteiger partial charge in [0, 0.05) is 0 Å². The molecule has 3 aromatic carbocycles. The Kier molecular flexibility index (Phi) is 5.86. The van der Waals surface area contributed by atoms with E-state index in [-0.39, 0.29) is 6.79 Å². The van der Waals surface area contributed by atoms with Crippen molar-refractivity contribution in [1.82, 2.24) is 5.43 Å². The number of esters is 1. The lowest BCUT2D eigenvalue weighted by atomic mass is 10.1. The molecular formula is C23H17ClN2O5. The standard InChI is InChI=1S/C23H17ClN2O5/c1-14-2-8-18(19(24)10-14)22(27)26-25-12-15-3-6-17(7-4-15)31-23(28)16-5-9-20-21(11-16)30-13-29-20/h2-12H,13H2,1H3,(H,26,27)/b25-12+. The molecule has 156 valence electrons. The molecule has 1 amide bonds. The minimum absolute atomic E-state index is 0.134. The molecule has 8 heteroatoms. The third kappa shape index (κ3) is 4.84. The van der Waals surface area contributed by atoms with Crippen LogP contribution in [-0.4, -0.2) is 24.9 Å². The van der Waals surface area contributed by atoms with Crippen LogP contribution in [0.15, 0.2) is 65.8 Å². The van der Waals surface area contributed by atoms with Gasteiger partial charge in [-0.15, -0.1) is 0 Å². The summed E-state index contributed by atoms with van der Waals surface area (Å²) in [5.41, 5.74) is 4.80. The molecule has 0 bridgehead atoms. The van der Waals surface area contributed by atoms with Crippen molar-refractivity contribution in [2.75, 3.05) is 6.79 Å². The molecule has 0 saturated carbocycles. The minimum atomic E-state index is -0.512. The van der Waals surface area contributed by atoms with Gasteiger partial charge in [0.15, 0.2) is 11.5 Å². The lowest BCUT2D eigenvalue weighted by molar-refractivity contribution is 0.0734. The predicted octanol–water partition coefficient (Wildman–Crippen LogP) is 4.36. The summed E-state index contributed by atoms with van der Waals surface area (Å²) in [7, 11) is 0. The van der Waals surface area contributed by atoms with E-state index in [1.165, 1.54) is 6.21 Å². The summed E-state index contributed by atoms with van der Waals surface area (Å²) in [6, 6.07) is 16.7. The maximum absolute atomic E-state index is 12.3. The number of hydrazone groups is 1. The largest absolute Gasteiger partial charge is 0.454 e. The van der Waals surface area contributed by atoms with Gasteiger partial charge in [0.2, 0.25) is 6.79 Å². The fraction of sp³-hybridized carbons (Fsp3) is 0.0870. The molecule has 4 rings (SSSR count). The number of nitrogens with zero attached hydrogens (tertiary/aromatic N) is 1. The fourth-order valence-corrected chi connectivity index (χ4v) is 3.16. The number of halogens is 1. The van der Waals surface area contributed by atoms with Crippen LogP contribution in [0.25, 0.3) is 0 Å². The number of carbonyl (C=O) groups is 2. The van der Waals surface area contributed by atoms with E-state index in [0.717, 1.165) is 5.56 Å². The first-order valence-electron chi connectivity index (χ1n) is 9.31. The second kappa shape index (κ2) is 8.89. The molecule has 1 aliphatic heterocycles. The van der Waals surface area contributed by atoms with E-state index in [1.807, 2.05) is 6.92 Å². The van der Waals surface area contributed by atoms with Crippen LogP contribution in [0.3, 0.4) is 0 Å². The first kappa shape index (κ1) is 20.4. The molecular weight excluding hydrogens is 420 g/mol. The topological polar surface area (TPSA) is 86.2 Å². The van der Waals surface area contributed by atoms with Crippen LogP contribution in [-0.2, 0) is 0 Å². The second-order valence-corrected chi connectivity index (χ2v) is 7.12. The van der Waals surface area contributed by atoms with E-state index < -0.39 is 11.9 Å². The lowest BCUT2D eigenvalue weighted by Gasteiger charge is -2.06. The van der Waals surface area contributed by atoms with Gasteiger partial charge in [-0.2, -0.15) is 5.10 Å². The number of hydrogen-bond donors (Lipinski definition) is 1. The highest BCUT2D eigenvalue weighted by Crippen LogP contribution is 2.32. The second-order valence-electron chi connectivity index (χ2n) is 6.71. The molecule has 0 saturated heterocycles. The highest BCUT2D eigenvalue weighted by atomic mass is 35.5. The summed E-state index contributed by atoms with van der Waals surface area (Å²) in [6.07, 6.45) is 1.48. The Bertz CT molecular complexity index is 1180. The molecule has 0 aromatic heterocycles. The Morgan fingerprint density at radius 3 is 2.58 bits per heavy atom. The van der Waals surface area contributed by atoms with Crippen LogP contribution in [0.4, 0.5) is 0 Å². The smallest absolute Gasteiger partial charge is 0.343 e. The number of nitrogens with one attached hydrogen (secondary N) is 1. The van der Waals surface area contributed by atoms with Crippen LogP contribution in [0, 0.1) is 6.92 Å². The van der Waals surface area contributed by atoms with Gasteiger partial charge in [0.1, 0.15) is 5.75 Å². The lowest BCUT2D eigenvalue weighted by Crippen LogP contribution is -2.18. The molecule has 0 aliphatic carbocycles. The van der Waals surface area contributed by atoms with Crippen LogP contribution in [0.5, 0.6) is 17.2 Å². The van der Waals surface area contributed by atoms with Crippen LogP contribution >= 0.6 is 11.6 Å². The quantitative estimate of drug-likeness (QED) is 0.278. The zero-order chi connectivity index (χ0) is 21.8. The summed E-state index contributed by atoms with van der Waals surface area (Å²) >= 11 is 6.08. The summed E-state index contributed by atoms with van der Waals surface area (Å²) in [5.74, 6) is 0.555. The third-order valence-electron chi connectivity index (χ3n) is 4.45. The first-order chi connectivity index (χ1) is 15.0. The molecule has 1 N–H and O–H groups in total. The van der Waals surface area contributed by atoms with Gasteiger partial charge < -0.3 is 14.2 Å². The summed E-state index contributed by atoms with van der Waals surface area (Å²) < 4.78 is 15.9. The van der Waals surface area contributed by atoms with Crippen molar-refractivity contribution >= 4 is 29.7 Å². The van der Waals surface area contributed by atoms with Crippen molar-refractivity contribution in [3.63, 3.8) is 0 Å². The van der Waals surface area contributed by atoms with Gasteiger partial charge in [-0.05, 0) is 72.6 Å². The fourth-order valence-electron chi connectivity index (χ4n) is 2.84. The highest BCUT2D eigenvalue weighted by Gasteiger charge is 2.17. The summed E-state index contributed by atoms with van der Waals surface area (Å²) in [5, 5.41) is 4.30. The molecule has 3 aromatic rings. The molecule has 1 heterocycles. The molecule has 0 fully saturated rings. The Morgan fingerprint density at radius 2 is 1.81 bits per heavy atom. The van der Waals surface area contributed by atoms with E-state index in [1.54, 1.807) is 60.7 Å². The number of amides is 1. The number of aryl methyl sites for hydroxylation is 1. The highest BCUT2D eigenvalue weighted by molar-refractivity contribution is 6.33. The van der Waals surface area contributed by atoms with E-state index in [0.29, 0.717) is 39.0 Å². The van der Waals surface area contributed by atoms with Crippen molar-refractivity contribution in [3.8, 4) is 17.2 Å². The van der Waals surface area contributed by atoms with E-state index >= 15 is 0 Å². The van der Waals surface area contributed by atoms with Crippen LogP contribution < -0.4 is 19.6 Å². The third-order valence-corrected chi connectivity index (χ3v) is 4.76. The SMILES string of the molecule is Cc1ccc(C(=O)N/N=C/c2ccc(OC(=O)c3ccc4c(c3)OCO4)cc2)c(Cl)c1. The van der Waals surface area contributed by atoms with Crippen molar-refractivity contribution in [3.05, 3.63) is 87.9 Å². The monoisotopic (exact) mass is 436 g/mol. The number of ether oxygens (including phenoxy) is 3. The Hall–Kier alpha value is -3.84. The molecule has 0 unspecified atom stereocenters. The van der Waals surface area contributed by atoms with Gasteiger partial charge in [0.25, 0.3) is 5.91 Å². The number of fused-ring (bicyclic) bond motifs is 1. The van der Waals surface area contributed by atoms with Crippen molar-refractivity contribution in [1.29, 1.82) is 0 Å². The predicted molar refractivity (Wildman–Crippen MR) is 115 cm³/mol. The number of carbonyl (C=O) groups excluding carboxylic acids is 2. The van der Waals surface area contributed by atoms with Gasteiger partial charge in [-0.3, -0.25) is 4.79 Å². The zero-order valence-corrected chi connectivity index (χ0v) is 17.2. The Labute approximate surface area is 183 Å². The van der Waals surface area contributed by atoms with E-state index in [2.05, 4.69) is 10.5 Å². The normalized spacial score (nSPS) is 12.1. The maximum Gasteiger partial charge on any atom is 0.343 e. The van der Waals surface area contributed by atoms with Gasteiger partial charge in [0.05, 0.1) is 22.4 Å². The minimum Gasteiger partial charge on any atom is -0.454 e. The molecule has 31 heavy (non-hydrogen) atoms. The first-order valence-corrected chi connectivity index (χ1v) is 9.69. The maximum atomic E-state index is 12.3. The molecule has 0 spiro atoms. The van der Waals surface area contributed by atoms with Crippen LogP contribution in [0.1, 0.15) is 31.8 Å². The Morgan fingerprint density at radius 1 is 1.03 bits per heavy atom. The number of rotatable bonds is 5. The summed E-state index contributed by atoms with van der Waals surface area (Å²) in [6.45, 7) is 2.02. The number of hydrogen-bond acceptors (Lipinski definition) is 6. The van der Waals surface area contributed by atoms with Crippen LogP contribution in [0.2, 0.25) is 5.02 Å². The summed E-state index contributed by atoms with van der Waals surface area (Å²) in [4.78, 5) is 24.5. The molecule has 0 atom stereocenters. The van der Waals surface area contributed by atoms with Gasteiger partial charge in [-0.1, -0.05) is 17.7 Å². The van der Waals surface area contributed by atoms with E-state index in [4.69, 9.17) is 25.8 Å². The zero-order valence-electron chi connectivity index (χ0n) is 16.4. The molecule has 0 radical (unpaired) electrons. The molecule has 1 aliphatic rings. The Balaban J connectivity index is 1.34. The number of benzene rings is 3. The van der Waals surface area contributed by atoms with E-state index in [9.17, 15) is 9.59 Å².